The molecule has 1 aromatic rings. The first-order chi connectivity index (χ1) is 11.8. The molecule has 0 amide bonds. The van der Waals surface area contributed by atoms with Crippen molar-refractivity contribution in [3.05, 3.63) is 28.3 Å². The average molecular weight is 369 g/mol. The molecular weight excluding hydrogens is 342 g/mol. The predicted molar refractivity (Wildman–Crippen MR) is 98.5 cm³/mol. The van der Waals surface area contributed by atoms with Gasteiger partial charge < -0.3 is 4.90 Å². The molecule has 0 radical (unpaired) electrons. The fraction of sp³-hybridized carbons (Fsp3) is 0.647. The number of nitro groups is 1. The molecule has 1 aromatic carbocycles. The predicted octanol–water partition coefficient (Wildman–Crippen LogP) is 3.39. The van der Waals surface area contributed by atoms with Gasteiger partial charge in [-0.2, -0.15) is 4.31 Å². The maximum atomic E-state index is 12.6. The van der Waals surface area contributed by atoms with Crippen molar-refractivity contribution >= 4 is 21.4 Å². The van der Waals surface area contributed by atoms with Crippen LogP contribution in [0.15, 0.2) is 23.1 Å². The van der Waals surface area contributed by atoms with E-state index in [-0.39, 0.29) is 16.6 Å². The first-order valence-electron chi connectivity index (χ1n) is 8.84. The molecule has 0 heterocycles. The minimum absolute atomic E-state index is 0.0244. The molecule has 8 heteroatoms. The smallest absolute Gasteiger partial charge is 0.293 e. The van der Waals surface area contributed by atoms with E-state index in [0.29, 0.717) is 18.8 Å². The Morgan fingerprint density at radius 1 is 1.16 bits per heavy atom. The summed E-state index contributed by atoms with van der Waals surface area (Å²) in [5, 5.41) is 11.6. The van der Waals surface area contributed by atoms with Crippen molar-refractivity contribution in [2.24, 2.45) is 0 Å². The van der Waals surface area contributed by atoms with Gasteiger partial charge in [0.2, 0.25) is 10.0 Å². The van der Waals surface area contributed by atoms with Crippen molar-refractivity contribution in [3.63, 3.8) is 0 Å². The summed E-state index contributed by atoms with van der Waals surface area (Å²) >= 11 is 0. The number of rotatable bonds is 7. The summed E-state index contributed by atoms with van der Waals surface area (Å²) in [7, 11) is -1.86. The van der Waals surface area contributed by atoms with Crippen LogP contribution in [0.4, 0.5) is 11.4 Å². The highest BCUT2D eigenvalue weighted by Gasteiger charge is 2.28. The van der Waals surface area contributed by atoms with Crippen LogP contribution in [0.5, 0.6) is 0 Å². The fourth-order valence-electron chi connectivity index (χ4n) is 3.49. The first kappa shape index (κ1) is 19.7. The monoisotopic (exact) mass is 369 g/mol. The Kier molecular flexibility index (Phi) is 6.40. The van der Waals surface area contributed by atoms with Crippen molar-refractivity contribution in [2.75, 3.05) is 25.0 Å². The molecule has 7 nitrogen and oxygen atoms in total. The molecule has 0 aromatic heterocycles. The van der Waals surface area contributed by atoms with E-state index in [1.165, 1.54) is 22.9 Å². The summed E-state index contributed by atoms with van der Waals surface area (Å²) in [4.78, 5) is 13.0. The Morgan fingerprint density at radius 3 is 2.28 bits per heavy atom. The molecule has 0 bridgehead atoms. The lowest BCUT2D eigenvalue weighted by Gasteiger charge is -2.32. The summed E-state index contributed by atoms with van der Waals surface area (Å²) in [5.74, 6) is 0. The lowest BCUT2D eigenvalue weighted by Crippen LogP contribution is -2.34. The zero-order valence-corrected chi connectivity index (χ0v) is 16.0. The van der Waals surface area contributed by atoms with Gasteiger partial charge in [-0.05, 0) is 25.0 Å². The van der Waals surface area contributed by atoms with Crippen LogP contribution < -0.4 is 4.90 Å². The number of hydrogen-bond donors (Lipinski definition) is 0. The second kappa shape index (κ2) is 8.14. The molecule has 0 atom stereocenters. The summed E-state index contributed by atoms with van der Waals surface area (Å²) in [6.45, 7) is 4.16. The number of benzene rings is 1. The van der Waals surface area contributed by atoms with Gasteiger partial charge in [-0.3, -0.25) is 10.1 Å². The van der Waals surface area contributed by atoms with E-state index in [4.69, 9.17) is 0 Å². The third-order valence-electron chi connectivity index (χ3n) is 4.99. The lowest BCUT2D eigenvalue weighted by molar-refractivity contribution is -0.384. The fourth-order valence-corrected chi connectivity index (χ4v) is 4.96. The van der Waals surface area contributed by atoms with E-state index >= 15 is 0 Å². The topological polar surface area (TPSA) is 83.8 Å². The van der Waals surface area contributed by atoms with Crippen LogP contribution in [-0.2, 0) is 10.0 Å². The number of nitro benzene ring substituents is 1. The number of hydrogen-bond acceptors (Lipinski definition) is 5. The second-order valence-corrected chi connectivity index (χ2v) is 8.34. The Hall–Kier alpha value is -1.67. The minimum Gasteiger partial charge on any atom is -0.366 e. The molecule has 1 aliphatic carbocycles. The summed E-state index contributed by atoms with van der Waals surface area (Å²) < 4.78 is 26.6. The van der Waals surface area contributed by atoms with E-state index < -0.39 is 14.9 Å². The quantitative estimate of drug-likeness (QED) is 0.543. The molecule has 0 saturated heterocycles. The first-order valence-corrected chi connectivity index (χ1v) is 10.3. The highest BCUT2D eigenvalue weighted by molar-refractivity contribution is 7.89. The molecule has 0 aliphatic heterocycles. The van der Waals surface area contributed by atoms with Gasteiger partial charge in [0.1, 0.15) is 5.69 Å². The minimum atomic E-state index is -3.71. The standard InChI is InChI=1S/C17H27N3O4S/c1-4-19(5-2)25(23,24)15-11-12-16(17(13-15)20(21)22)18(3)14-9-7-6-8-10-14/h11-14H,4-10H2,1-3H3. The summed E-state index contributed by atoms with van der Waals surface area (Å²) in [6, 6.07) is 4.51. The van der Waals surface area contributed by atoms with E-state index in [9.17, 15) is 18.5 Å². The summed E-state index contributed by atoms with van der Waals surface area (Å²) in [6.07, 6.45) is 5.46. The molecule has 0 spiro atoms. The molecule has 0 N–H and O–H groups in total. The van der Waals surface area contributed by atoms with E-state index in [2.05, 4.69) is 0 Å². The van der Waals surface area contributed by atoms with Gasteiger partial charge in [-0.15, -0.1) is 0 Å². The molecule has 1 aliphatic rings. The SMILES string of the molecule is CCN(CC)S(=O)(=O)c1ccc(N(C)C2CCCCC2)c([N+](=O)[O-])c1. The van der Waals surface area contributed by atoms with Crippen LogP contribution in [0, 0.1) is 10.1 Å². The van der Waals surface area contributed by atoms with Gasteiger partial charge in [0.15, 0.2) is 0 Å². The third-order valence-corrected chi connectivity index (χ3v) is 7.04. The lowest BCUT2D eigenvalue weighted by atomic mass is 9.94. The molecule has 1 saturated carbocycles. The van der Waals surface area contributed by atoms with Crippen molar-refractivity contribution in [3.8, 4) is 0 Å². The van der Waals surface area contributed by atoms with Gasteiger partial charge in [0.05, 0.1) is 9.82 Å². The molecular formula is C17H27N3O4S. The normalized spacial score (nSPS) is 16.2. The van der Waals surface area contributed by atoms with Crippen LogP contribution in [-0.4, -0.2) is 43.8 Å². The van der Waals surface area contributed by atoms with Crippen molar-refractivity contribution in [1.82, 2.24) is 4.31 Å². The van der Waals surface area contributed by atoms with Crippen LogP contribution in [0.1, 0.15) is 46.0 Å². The average Bonchev–Trinajstić information content (AvgIpc) is 2.62. The van der Waals surface area contributed by atoms with Crippen molar-refractivity contribution < 1.29 is 13.3 Å². The molecule has 140 valence electrons. The Balaban J connectivity index is 2.42. The van der Waals surface area contributed by atoms with Gasteiger partial charge >= 0.3 is 0 Å². The number of sulfonamides is 1. The van der Waals surface area contributed by atoms with Crippen LogP contribution in [0.2, 0.25) is 0 Å². The molecule has 1 fully saturated rings. The van der Waals surface area contributed by atoms with E-state index in [1.54, 1.807) is 19.9 Å². The van der Waals surface area contributed by atoms with E-state index in [0.717, 1.165) is 25.7 Å². The third kappa shape index (κ3) is 4.12. The molecule has 2 rings (SSSR count). The Morgan fingerprint density at radius 2 is 1.76 bits per heavy atom. The maximum absolute atomic E-state index is 12.6. The van der Waals surface area contributed by atoms with Gasteiger partial charge in [0, 0.05) is 32.2 Å². The van der Waals surface area contributed by atoms with Crippen LogP contribution in [0.25, 0.3) is 0 Å². The largest absolute Gasteiger partial charge is 0.366 e. The Labute approximate surface area is 149 Å². The maximum Gasteiger partial charge on any atom is 0.293 e. The van der Waals surface area contributed by atoms with Crippen molar-refractivity contribution in [2.45, 2.75) is 56.9 Å². The summed E-state index contributed by atoms with van der Waals surface area (Å²) in [5.41, 5.74) is 0.330. The second-order valence-electron chi connectivity index (χ2n) is 6.40. The molecule has 0 unspecified atom stereocenters. The number of anilines is 1. The van der Waals surface area contributed by atoms with E-state index in [1.807, 2.05) is 11.9 Å². The van der Waals surface area contributed by atoms with Gasteiger partial charge in [-0.25, -0.2) is 8.42 Å². The van der Waals surface area contributed by atoms with Gasteiger partial charge in [-0.1, -0.05) is 33.1 Å². The highest BCUT2D eigenvalue weighted by atomic mass is 32.2. The van der Waals surface area contributed by atoms with Crippen molar-refractivity contribution in [1.29, 1.82) is 0 Å². The van der Waals surface area contributed by atoms with Gasteiger partial charge in [0.25, 0.3) is 5.69 Å². The highest BCUT2D eigenvalue weighted by Crippen LogP contribution is 2.34. The van der Waals surface area contributed by atoms with Crippen LogP contribution >= 0.6 is 0 Å². The zero-order chi connectivity index (χ0) is 18.6. The van der Waals surface area contributed by atoms with Crippen LogP contribution in [0.3, 0.4) is 0 Å². The molecule has 25 heavy (non-hydrogen) atoms. The Bertz CT molecular complexity index is 711. The zero-order valence-electron chi connectivity index (χ0n) is 15.1. The number of nitrogens with zero attached hydrogens (tertiary/aromatic N) is 3.